The molecule has 5 heteroatoms. The molecule has 0 rings (SSSR count). The number of carbonyl (C=O) groups is 1. The lowest BCUT2D eigenvalue weighted by Crippen LogP contribution is -2.04. The van der Waals surface area contributed by atoms with Gasteiger partial charge < -0.3 is 4.74 Å². The van der Waals surface area contributed by atoms with Crippen molar-refractivity contribution >= 4 is 41.8 Å². The first-order valence-electron chi connectivity index (χ1n) is 2.94. The Hall–Kier alpha value is 0.140. The van der Waals surface area contributed by atoms with Crippen LogP contribution < -0.4 is 0 Å². The molecule has 0 saturated heterocycles. The molecule has 0 aromatic carbocycles. The third-order valence-corrected chi connectivity index (χ3v) is 1.35. The molecular formula is C6H8Cl2O2S. The Morgan fingerprint density at radius 3 is 2.64 bits per heavy atom. The van der Waals surface area contributed by atoms with Crippen molar-refractivity contribution in [3.8, 4) is 0 Å². The lowest BCUT2D eigenvalue weighted by atomic mass is 10.5. The predicted molar refractivity (Wildman–Crippen MR) is 49.2 cm³/mol. The van der Waals surface area contributed by atoms with Crippen molar-refractivity contribution in [1.82, 2.24) is 0 Å². The van der Waals surface area contributed by atoms with Crippen molar-refractivity contribution < 1.29 is 9.53 Å². The third kappa shape index (κ3) is 5.41. The largest absolute Gasteiger partial charge is 0.462 e. The molecule has 0 aliphatic carbocycles. The number of carbonyl (C=O) groups excluding carboxylic acids is 1. The van der Waals surface area contributed by atoms with Gasteiger partial charge in [-0.15, -0.1) is 35.8 Å². The first kappa shape index (κ1) is 11.1. The molecule has 0 bridgehead atoms. The van der Waals surface area contributed by atoms with E-state index >= 15 is 0 Å². The van der Waals surface area contributed by atoms with Gasteiger partial charge >= 0.3 is 5.97 Å². The summed E-state index contributed by atoms with van der Waals surface area (Å²) < 4.78 is 4.60. The van der Waals surface area contributed by atoms with E-state index < -0.39 is 10.8 Å². The molecule has 0 saturated carbocycles. The number of alkyl halides is 2. The van der Waals surface area contributed by atoms with Gasteiger partial charge in [0.05, 0.1) is 11.5 Å². The Bertz CT molecular complexity index is 168. The summed E-state index contributed by atoms with van der Waals surface area (Å²) in [6, 6.07) is 0. The van der Waals surface area contributed by atoms with Crippen LogP contribution >= 0.6 is 35.8 Å². The average Bonchev–Trinajstić information content (AvgIpc) is 1.86. The summed E-state index contributed by atoms with van der Waals surface area (Å²) in [5.74, 6) is -0.512. The van der Waals surface area contributed by atoms with Gasteiger partial charge in [-0.3, -0.25) is 0 Å². The van der Waals surface area contributed by atoms with E-state index in [2.05, 4.69) is 17.4 Å². The van der Waals surface area contributed by atoms with Crippen LogP contribution in [-0.2, 0) is 9.53 Å². The second kappa shape index (κ2) is 5.75. The zero-order chi connectivity index (χ0) is 8.85. The van der Waals surface area contributed by atoms with E-state index in [-0.39, 0.29) is 4.91 Å². The van der Waals surface area contributed by atoms with Crippen LogP contribution in [0.3, 0.4) is 0 Å². The highest BCUT2D eigenvalue weighted by Gasteiger charge is 2.06. The normalized spacial score (nSPS) is 11.9. The fourth-order valence-electron chi connectivity index (χ4n) is 0.392. The fraction of sp³-hybridized carbons (Fsp3) is 0.500. The van der Waals surface area contributed by atoms with Gasteiger partial charge in [0.15, 0.2) is 0 Å². The van der Waals surface area contributed by atoms with Crippen LogP contribution in [0.15, 0.2) is 11.0 Å². The van der Waals surface area contributed by atoms with Crippen LogP contribution in [0, 0.1) is 0 Å². The number of hydrogen-bond acceptors (Lipinski definition) is 3. The van der Waals surface area contributed by atoms with Gasteiger partial charge in [-0.2, -0.15) is 0 Å². The van der Waals surface area contributed by atoms with Gasteiger partial charge in [-0.05, 0) is 13.0 Å². The number of allylic oxidation sites excluding steroid dienone is 1. The average molecular weight is 215 g/mol. The van der Waals surface area contributed by atoms with Crippen LogP contribution in [0.1, 0.15) is 6.92 Å². The van der Waals surface area contributed by atoms with Crippen LogP contribution in [0.2, 0.25) is 0 Å². The number of hydrogen-bond donors (Lipinski definition) is 1. The minimum absolute atomic E-state index is 0.127. The van der Waals surface area contributed by atoms with Gasteiger partial charge in [0.2, 0.25) is 0 Å². The number of rotatable bonds is 3. The zero-order valence-electron chi connectivity index (χ0n) is 5.88. The Morgan fingerprint density at radius 1 is 1.73 bits per heavy atom. The van der Waals surface area contributed by atoms with Crippen molar-refractivity contribution in [2.45, 2.75) is 11.8 Å². The highest BCUT2D eigenvalue weighted by atomic mass is 35.5. The number of halogens is 2. The van der Waals surface area contributed by atoms with Gasteiger partial charge in [-0.25, -0.2) is 4.79 Å². The molecule has 0 N–H and O–H groups in total. The number of ether oxygens (including phenoxy) is 1. The van der Waals surface area contributed by atoms with Crippen molar-refractivity contribution in [2.24, 2.45) is 0 Å². The lowest BCUT2D eigenvalue weighted by molar-refractivity contribution is -0.137. The Morgan fingerprint density at radius 2 is 2.27 bits per heavy atom. The Balaban J connectivity index is 4.01. The molecule has 0 unspecified atom stereocenters. The monoisotopic (exact) mass is 214 g/mol. The SMILES string of the molecule is CCOC(=O)C(S)=CC(Cl)Cl. The smallest absolute Gasteiger partial charge is 0.344 e. The maximum Gasteiger partial charge on any atom is 0.344 e. The van der Waals surface area contributed by atoms with Crippen molar-refractivity contribution in [1.29, 1.82) is 0 Å². The maximum absolute atomic E-state index is 10.8. The predicted octanol–water partition coefficient (Wildman–Crippen LogP) is 2.17. The number of thiol groups is 1. The Kier molecular flexibility index (Phi) is 5.82. The van der Waals surface area contributed by atoms with Crippen molar-refractivity contribution in [3.05, 3.63) is 11.0 Å². The standard InChI is InChI=1S/C6H8Cl2O2S/c1-2-10-6(9)4(11)3-5(7)8/h3,5,11H,2H2,1H3. The lowest BCUT2D eigenvalue weighted by Gasteiger charge is -2.00. The van der Waals surface area contributed by atoms with Gasteiger partial charge in [0.1, 0.15) is 4.84 Å². The summed E-state index contributed by atoms with van der Waals surface area (Å²) in [5.41, 5.74) is 0. The van der Waals surface area contributed by atoms with Gasteiger partial charge in [0, 0.05) is 0 Å². The van der Waals surface area contributed by atoms with Crippen LogP contribution in [0.5, 0.6) is 0 Å². The van der Waals surface area contributed by atoms with Crippen LogP contribution in [0.25, 0.3) is 0 Å². The topological polar surface area (TPSA) is 26.3 Å². The van der Waals surface area contributed by atoms with Gasteiger partial charge in [0.25, 0.3) is 0 Å². The fourth-order valence-corrected chi connectivity index (χ4v) is 1.03. The quantitative estimate of drug-likeness (QED) is 0.338. The first-order valence-corrected chi connectivity index (χ1v) is 4.26. The maximum atomic E-state index is 10.8. The molecule has 0 spiro atoms. The minimum Gasteiger partial charge on any atom is -0.462 e. The molecule has 0 radical (unpaired) electrons. The van der Waals surface area contributed by atoms with Crippen molar-refractivity contribution in [2.75, 3.05) is 6.61 Å². The summed E-state index contributed by atoms with van der Waals surface area (Å²) in [7, 11) is 0. The first-order chi connectivity index (χ1) is 5.07. The summed E-state index contributed by atoms with van der Waals surface area (Å²) in [6.45, 7) is 2.02. The molecule has 0 aromatic heterocycles. The van der Waals surface area contributed by atoms with E-state index in [1.807, 2.05) is 0 Å². The Labute approximate surface area is 80.9 Å². The molecule has 0 aromatic rings. The summed E-state index contributed by atoms with van der Waals surface area (Å²) in [5, 5.41) is 0. The zero-order valence-corrected chi connectivity index (χ0v) is 8.29. The molecular weight excluding hydrogens is 207 g/mol. The third-order valence-electron chi connectivity index (χ3n) is 0.768. The summed E-state index contributed by atoms with van der Waals surface area (Å²) >= 11 is 14.5. The van der Waals surface area contributed by atoms with E-state index in [1.165, 1.54) is 6.08 Å². The second-order valence-corrected chi connectivity index (χ2v) is 3.25. The number of esters is 1. The van der Waals surface area contributed by atoms with E-state index in [0.717, 1.165) is 0 Å². The minimum atomic E-state index is -0.730. The van der Waals surface area contributed by atoms with Crippen LogP contribution in [-0.4, -0.2) is 17.4 Å². The molecule has 0 heterocycles. The van der Waals surface area contributed by atoms with E-state index in [1.54, 1.807) is 6.92 Å². The second-order valence-electron chi connectivity index (χ2n) is 1.61. The van der Waals surface area contributed by atoms with Crippen LogP contribution in [0.4, 0.5) is 0 Å². The summed E-state index contributed by atoms with van der Waals surface area (Å²) in [6.07, 6.45) is 1.30. The molecule has 0 aliphatic heterocycles. The van der Waals surface area contributed by atoms with E-state index in [9.17, 15) is 4.79 Å². The van der Waals surface area contributed by atoms with E-state index in [4.69, 9.17) is 23.2 Å². The molecule has 0 amide bonds. The molecule has 64 valence electrons. The highest BCUT2D eigenvalue weighted by Crippen LogP contribution is 2.11. The molecule has 11 heavy (non-hydrogen) atoms. The van der Waals surface area contributed by atoms with Gasteiger partial charge in [-0.1, -0.05) is 0 Å². The summed E-state index contributed by atoms with van der Waals surface area (Å²) in [4.78, 5) is 10.2. The van der Waals surface area contributed by atoms with Crippen molar-refractivity contribution in [3.63, 3.8) is 0 Å². The highest BCUT2D eigenvalue weighted by molar-refractivity contribution is 7.85. The molecule has 0 atom stereocenters. The molecule has 0 aliphatic rings. The molecule has 0 fully saturated rings. The van der Waals surface area contributed by atoms with E-state index in [0.29, 0.717) is 6.61 Å². The molecule has 2 nitrogen and oxygen atoms in total.